The van der Waals surface area contributed by atoms with Crippen molar-refractivity contribution in [3.05, 3.63) is 70.7 Å². The van der Waals surface area contributed by atoms with E-state index in [1.54, 1.807) is 12.1 Å². The number of amides is 1. The second kappa shape index (κ2) is 7.09. The average Bonchev–Trinajstić information content (AvgIpc) is 3.53. The minimum atomic E-state index is -4.69. The largest absolute Gasteiger partial charge is 0.465 e. The van der Waals surface area contributed by atoms with E-state index < -0.39 is 23.3 Å². The minimum absolute atomic E-state index is 0.163. The third-order valence-corrected chi connectivity index (χ3v) is 5.48. The van der Waals surface area contributed by atoms with Crippen LogP contribution >= 0.6 is 11.6 Å². The molecule has 1 amide bonds. The Balaban J connectivity index is 1.54. The maximum absolute atomic E-state index is 13.8. The highest BCUT2D eigenvalue weighted by atomic mass is 35.5. The summed E-state index contributed by atoms with van der Waals surface area (Å²) in [5.41, 5.74) is -0.0987. The van der Waals surface area contributed by atoms with Gasteiger partial charge < -0.3 is 9.32 Å². The van der Waals surface area contributed by atoms with Crippen molar-refractivity contribution in [2.45, 2.75) is 6.18 Å². The lowest BCUT2D eigenvalue weighted by Crippen LogP contribution is -2.29. The van der Waals surface area contributed by atoms with Crippen LogP contribution in [0.4, 0.5) is 13.2 Å². The molecule has 31 heavy (non-hydrogen) atoms. The molecule has 5 rings (SSSR count). The smallest absolute Gasteiger partial charge is 0.420 e. The van der Waals surface area contributed by atoms with Crippen LogP contribution < -0.4 is 0 Å². The van der Waals surface area contributed by atoms with Gasteiger partial charge >= 0.3 is 6.18 Å². The summed E-state index contributed by atoms with van der Waals surface area (Å²) < 4.78 is 47.7. The van der Waals surface area contributed by atoms with Crippen LogP contribution in [-0.2, 0) is 6.18 Å². The van der Waals surface area contributed by atoms with Crippen LogP contribution in [0.1, 0.15) is 27.4 Å². The van der Waals surface area contributed by atoms with Gasteiger partial charge in [0.15, 0.2) is 11.3 Å². The van der Waals surface area contributed by atoms with Crippen molar-refractivity contribution in [1.29, 1.82) is 0 Å². The number of carbonyl (C=O) groups excluding carboxylic acids is 1. The molecule has 2 aliphatic rings. The van der Waals surface area contributed by atoms with Gasteiger partial charge in [-0.1, -0.05) is 17.7 Å². The molecule has 0 unspecified atom stereocenters. The molecule has 0 saturated heterocycles. The number of hydrogen-bond acceptors (Lipinski definition) is 5. The van der Waals surface area contributed by atoms with Crippen molar-refractivity contribution in [3.8, 4) is 0 Å². The van der Waals surface area contributed by atoms with Crippen molar-refractivity contribution < 1.29 is 22.4 Å². The van der Waals surface area contributed by atoms with Gasteiger partial charge in [0.05, 0.1) is 24.6 Å². The second-order valence-corrected chi connectivity index (χ2v) is 7.40. The fraction of sp³-hybridized carbons (Fsp3) is 0.200. The standard InChI is InChI=1S/C20H13ClF3N5O2/c21-17-16(19(30)28-4-3-11(9-28)15-2-1-5-31-15)27-18-14(20(22,23)24)6-12(10-29(17)18)13-7-25-26-8-13/h1-3,5-7,10H,4,8-9H2. The van der Waals surface area contributed by atoms with Crippen LogP contribution in [-0.4, -0.2) is 39.8 Å². The second-order valence-electron chi connectivity index (χ2n) is 7.05. The Morgan fingerprint density at radius 1 is 1.26 bits per heavy atom. The van der Waals surface area contributed by atoms with Gasteiger partial charge in [-0.25, -0.2) is 4.98 Å². The van der Waals surface area contributed by atoms with E-state index in [0.717, 1.165) is 16.0 Å². The molecule has 3 aromatic heterocycles. The first-order valence-corrected chi connectivity index (χ1v) is 9.58. The highest BCUT2D eigenvalue weighted by Crippen LogP contribution is 2.37. The number of rotatable bonds is 3. The zero-order valence-corrected chi connectivity index (χ0v) is 16.5. The average molecular weight is 448 g/mol. The maximum atomic E-state index is 13.8. The summed E-state index contributed by atoms with van der Waals surface area (Å²) in [4.78, 5) is 18.5. The van der Waals surface area contributed by atoms with Crippen molar-refractivity contribution in [3.63, 3.8) is 0 Å². The monoisotopic (exact) mass is 447 g/mol. The number of fused-ring (bicyclic) bond motifs is 1. The zero-order valence-electron chi connectivity index (χ0n) is 15.7. The van der Waals surface area contributed by atoms with Crippen molar-refractivity contribution in [1.82, 2.24) is 14.3 Å². The molecule has 0 aliphatic carbocycles. The Morgan fingerprint density at radius 3 is 2.77 bits per heavy atom. The van der Waals surface area contributed by atoms with E-state index in [4.69, 9.17) is 16.0 Å². The lowest BCUT2D eigenvalue weighted by molar-refractivity contribution is -0.136. The maximum Gasteiger partial charge on any atom is 0.420 e. The van der Waals surface area contributed by atoms with E-state index in [-0.39, 0.29) is 36.0 Å². The summed E-state index contributed by atoms with van der Waals surface area (Å²) >= 11 is 6.35. The number of imidazole rings is 1. The molecule has 158 valence electrons. The molecular formula is C20H13ClF3N5O2. The molecule has 0 bridgehead atoms. The number of nitrogens with zero attached hydrogens (tertiary/aromatic N) is 5. The van der Waals surface area contributed by atoms with Crippen LogP contribution in [0.25, 0.3) is 16.8 Å². The van der Waals surface area contributed by atoms with Gasteiger partial charge in [0.1, 0.15) is 10.9 Å². The minimum Gasteiger partial charge on any atom is -0.465 e. The summed E-state index contributed by atoms with van der Waals surface area (Å²) in [6, 6.07) is 4.48. The summed E-state index contributed by atoms with van der Waals surface area (Å²) in [5, 5.41) is 7.28. The van der Waals surface area contributed by atoms with Crippen LogP contribution in [0.5, 0.6) is 0 Å². The Morgan fingerprint density at radius 2 is 2.10 bits per heavy atom. The third kappa shape index (κ3) is 3.32. The number of azo groups is 1. The van der Waals surface area contributed by atoms with Gasteiger partial charge in [-0.15, -0.1) is 0 Å². The van der Waals surface area contributed by atoms with Crippen LogP contribution in [0, 0.1) is 0 Å². The number of furan rings is 1. The van der Waals surface area contributed by atoms with E-state index in [9.17, 15) is 18.0 Å². The quantitative estimate of drug-likeness (QED) is 0.570. The van der Waals surface area contributed by atoms with E-state index >= 15 is 0 Å². The number of pyridine rings is 1. The van der Waals surface area contributed by atoms with Crippen molar-refractivity contribution in [2.24, 2.45) is 10.2 Å². The molecule has 5 heterocycles. The summed E-state index contributed by atoms with van der Waals surface area (Å²) in [6.45, 7) is 0.673. The molecule has 0 spiro atoms. The molecule has 0 fully saturated rings. The van der Waals surface area contributed by atoms with E-state index in [1.807, 2.05) is 6.08 Å². The molecule has 0 radical (unpaired) electrons. The van der Waals surface area contributed by atoms with Gasteiger partial charge in [0.25, 0.3) is 5.91 Å². The first kappa shape index (κ1) is 19.6. The molecule has 7 nitrogen and oxygen atoms in total. The van der Waals surface area contributed by atoms with Crippen molar-refractivity contribution >= 4 is 34.3 Å². The molecule has 0 aromatic carbocycles. The highest BCUT2D eigenvalue weighted by Gasteiger charge is 2.37. The Hall–Kier alpha value is -3.40. The fourth-order valence-corrected chi connectivity index (χ4v) is 3.82. The van der Waals surface area contributed by atoms with Crippen LogP contribution in [0.15, 0.2) is 57.6 Å². The third-order valence-electron chi connectivity index (χ3n) is 5.12. The number of halogens is 4. The predicted octanol–water partition coefficient (Wildman–Crippen LogP) is 4.95. The number of alkyl halides is 3. The van der Waals surface area contributed by atoms with Gasteiger partial charge in [-0.05, 0) is 23.8 Å². The number of hydrogen-bond donors (Lipinski definition) is 0. The van der Waals surface area contributed by atoms with Gasteiger partial charge in [0.2, 0.25) is 0 Å². The highest BCUT2D eigenvalue weighted by molar-refractivity contribution is 6.33. The molecule has 2 aliphatic heterocycles. The first-order valence-electron chi connectivity index (χ1n) is 9.20. The first-order chi connectivity index (χ1) is 14.8. The lowest BCUT2D eigenvalue weighted by Gasteiger charge is -2.14. The van der Waals surface area contributed by atoms with Gasteiger partial charge in [-0.3, -0.25) is 9.20 Å². The van der Waals surface area contributed by atoms with Crippen LogP contribution in [0.3, 0.4) is 0 Å². The van der Waals surface area contributed by atoms with E-state index in [2.05, 4.69) is 15.2 Å². The predicted molar refractivity (Wildman–Crippen MR) is 105 cm³/mol. The van der Waals surface area contributed by atoms with Crippen molar-refractivity contribution in [2.75, 3.05) is 19.6 Å². The van der Waals surface area contributed by atoms with Gasteiger partial charge in [0, 0.05) is 30.4 Å². The topological polar surface area (TPSA) is 75.5 Å². The lowest BCUT2D eigenvalue weighted by atomic mass is 10.1. The Labute approximate surface area is 178 Å². The molecule has 0 saturated carbocycles. The number of carbonyl (C=O) groups is 1. The SMILES string of the molecule is O=C(c1nc2c(C(F)(F)F)cc(C3=CN=NC3)cn2c1Cl)N1CC=C(c2ccco2)C1. The summed E-state index contributed by atoms with van der Waals surface area (Å²) in [6.07, 6.45) is 1.45. The summed E-state index contributed by atoms with van der Waals surface area (Å²) in [7, 11) is 0. The molecule has 11 heteroatoms. The molecule has 0 N–H and O–H groups in total. The van der Waals surface area contributed by atoms with Crippen LogP contribution in [0.2, 0.25) is 5.15 Å². The summed E-state index contributed by atoms with van der Waals surface area (Å²) in [5.74, 6) is 0.0623. The number of aromatic nitrogens is 2. The Bertz CT molecular complexity index is 1290. The fourth-order valence-electron chi connectivity index (χ4n) is 3.57. The van der Waals surface area contributed by atoms with E-state index in [1.165, 1.54) is 23.6 Å². The van der Waals surface area contributed by atoms with E-state index in [0.29, 0.717) is 11.3 Å². The zero-order chi connectivity index (χ0) is 21.8. The van der Waals surface area contributed by atoms with Gasteiger partial charge in [-0.2, -0.15) is 23.4 Å². The molecule has 3 aromatic rings. The molecular weight excluding hydrogens is 435 g/mol. The Kier molecular flexibility index (Phi) is 4.47. The molecule has 0 atom stereocenters. The normalized spacial score (nSPS) is 16.3.